The number of phenolic OH excluding ortho intramolecular Hbond substituents is 1. The second-order valence-corrected chi connectivity index (χ2v) is 5.88. The number of hydrogen-bond donors (Lipinski definition) is 2. The quantitative estimate of drug-likeness (QED) is 0.816. The number of methoxy groups -OCH3 is 5. The van der Waals surface area contributed by atoms with Crippen molar-refractivity contribution in [1.29, 1.82) is 0 Å². The van der Waals surface area contributed by atoms with Gasteiger partial charge in [-0.1, -0.05) is 6.07 Å². The zero-order chi connectivity index (χ0) is 19.1. The molecule has 0 aliphatic heterocycles. The van der Waals surface area contributed by atoms with E-state index in [9.17, 15) is 10.2 Å². The van der Waals surface area contributed by atoms with E-state index < -0.39 is 11.7 Å². The Bertz CT molecular complexity index is 833. The summed E-state index contributed by atoms with van der Waals surface area (Å²) in [5, 5.41) is 21.9. The highest BCUT2D eigenvalue weighted by molar-refractivity contribution is 5.69. The summed E-state index contributed by atoms with van der Waals surface area (Å²) < 4.78 is 26.7. The lowest BCUT2D eigenvalue weighted by molar-refractivity contribution is -0.104. The van der Waals surface area contributed by atoms with Gasteiger partial charge in [-0.25, -0.2) is 0 Å². The average Bonchev–Trinajstić information content (AvgIpc) is 2.67. The normalized spacial score (nSPS) is 20.8. The molecular formula is C19H22O7. The first kappa shape index (κ1) is 18.2. The van der Waals surface area contributed by atoms with E-state index in [0.717, 1.165) is 0 Å². The summed E-state index contributed by atoms with van der Waals surface area (Å²) in [5.74, 6) is 1.22. The number of hydrogen-bond acceptors (Lipinski definition) is 7. The number of fused-ring (bicyclic) bond motifs is 1. The SMILES string of the molecule is COc1ccc([C@]2(O)c3c(cc(OC)c(O)c3OC)[C@@H]2OC)cc1OC. The van der Waals surface area contributed by atoms with Gasteiger partial charge in [0.1, 0.15) is 11.7 Å². The van der Waals surface area contributed by atoms with Crippen molar-refractivity contribution in [2.24, 2.45) is 0 Å². The Morgan fingerprint density at radius 3 is 2.04 bits per heavy atom. The van der Waals surface area contributed by atoms with Gasteiger partial charge in [0.15, 0.2) is 23.0 Å². The van der Waals surface area contributed by atoms with Crippen LogP contribution in [0.5, 0.6) is 28.7 Å². The van der Waals surface area contributed by atoms with Gasteiger partial charge in [0.2, 0.25) is 5.75 Å². The number of ether oxygens (including phenoxy) is 5. The van der Waals surface area contributed by atoms with Crippen LogP contribution in [-0.2, 0) is 10.3 Å². The molecule has 140 valence electrons. The number of benzene rings is 2. The van der Waals surface area contributed by atoms with Crippen LogP contribution in [0.25, 0.3) is 0 Å². The standard InChI is InChI=1S/C19H22O7/c1-22-12-7-6-10(8-13(12)23-2)19(21)15-11(18(19)26-5)9-14(24-3)16(20)17(15)25-4/h6-9,18,20-21H,1-5H3/t18-,19-/m0/s1. The Hall–Kier alpha value is -2.64. The minimum absolute atomic E-state index is 0.143. The maximum Gasteiger partial charge on any atom is 0.201 e. The molecule has 0 saturated carbocycles. The maximum absolute atomic E-state index is 11.5. The van der Waals surface area contributed by atoms with E-state index in [0.29, 0.717) is 28.2 Å². The van der Waals surface area contributed by atoms with Crippen molar-refractivity contribution >= 4 is 0 Å². The minimum Gasteiger partial charge on any atom is -0.502 e. The molecule has 2 aromatic carbocycles. The number of aromatic hydroxyl groups is 1. The fourth-order valence-corrected chi connectivity index (χ4v) is 3.54. The summed E-state index contributed by atoms with van der Waals surface area (Å²) in [5.41, 5.74) is 0.102. The Balaban J connectivity index is 2.24. The molecule has 0 bridgehead atoms. The highest BCUT2D eigenvalue weighted by Gasteiger charge is 2.56. The first-order valence-corrected chi connectivity index (χ1v) is 7.93. The molecule has 0 spiro atoms. The summed E-state index contributed by atoms with van der Waals surface area (Å²) in [4.78, 5) is 0. The van der Waals surface area contributed by atoms with Gasteiger partial charge in [0.25, 0.3) is 0 Å². The second-order valence-electron chi connectivity index (χ2n) is 5.88. The number of aliphatic hydroxyl groups is 1. The molecular weight excluding hydrogens is 340 g/mol. The van der Waals surface area contributed by atoms with Gasteiger partial charge in [-0.2, -0.15) is 0 Å². The topological polar surface area (TPSA) is 86.6 Å². The fraction of sp³-hybridized carbons (Fsp3) is 0.368. The van der Waals surface area contributed by atoms with Crippen LogP contribution in [0.15, 0.2) is 24.3 Å². The zero-order valence-electron chi connectivity index (χ0n) is 15.3. The summed E-state index contributed by atoms with van der Waals surface area (Å²) in [6.07, 6.45) is -0.668. The molecule has 0 amide bonds. The lowest BCUT2D eigenvalue weighted by Crippen LogP contribution is -2.46. The molecule has 0 fully saturated rings. The zero-order valence-corrected chi connectivity index (χ0v) is 15.3. The first-order chi connectivity index (χ1) is 12.5. The third-order valence-electron chi connectivity index (χ3n) is 4.78. The van der Waals surface area contributed by atoms with Crippen LogP contribution in [0.1, 0.15) is 22.8 Å². The van der Waals surface area contributed by atoms with Gasteiger partial charge in [-0.15, -0.1) is 0 Å². The predicted octanol–water partition coefficient (Wildman–Crippen LogP) is 2.36. The van der Waals surface area contributed by atoms with Crippen LogP contribution in [0.2, 0.25) is 0 Å². The van der Waals surface area contributed by atoms with E-state index in [-0.39, 0.29) is 17.2 Å². The first-order valence-electron chi connectivity index (χ1n) is 7.93. The van der Waals surface area contributed by atoms with E-state index in [4.69, 9.17) is 23.7 Å². The number of rotatable bonds is 6. The predicted molar refractivity (Wildman–Crippen MR) is 93.5 cm³/mol. The fourth-order valence-electron chi connectivity index (χ4n) is 3.54. The van der Waals surface area contributed by atoms with Gasteiger partial charge in [-0.05, 0) is 29.3 Å². The molecule has 7 heteroatoms. The summed E-state index contributed by atoms with van der Waals surface area (Å²) in [6.45, 7) is 0. The van der Waals surface area contributed by atoms with Crippen molar-refractivity contribution < 1.29 is 33.9 Å². The van der Waals surface area contributed by atoms with Gasteiger partial charge < -0.3 is 33.9 Å². The molecule has 0 saturated heterocycles. The van der Waals surface area contributed by atoms with E-state index >= 15 is 0 Å². The third kappa shape index (κ3) is 2.28. The molecule has 3 rings (SSSR count). The Morgan fingerprint density at radius 1 is 0.846 bits per heavy atom. The molecule has 0 aromatic heterocycles. The van der Waals surface area contributed by atoms with Gasteiger partial charge in [0.05, 0.1) is 28.4 Å². The van der Waals surface area contributed by atoms with Crippen molar-refractivity contribution in [3.63, 3.8) is 0 Å². The van der Waals surface area contributed by atoms with Crippen molar-refractivity contribution in [2.75, 3.05) is 35.5 Å². The summed E-state index contributed by atoms with van der Waals surface area (Å²) >= 11 is 0. The monoisotopic (exact) mass is 362 g/mol. The Morgan fingerprint density at radius 2 is 1.50 bits per heavy atom. The molecule has 7 nitrogen and oxygen atoms in total. The highest BCUT2D eigenvalue weighted by Crippen LogP contribution is 2.61. The lowest BCUT2D eigenvalue weighted by atomic mass is 9.66. The molecule has 2 atom stereocenters. The van der Waals surface area contributed by atoms with Crippen LogP contribution < -0.4 is 18.9 Å². The smallest absolute Gasteiger partial charge is 0.201 e. The Kier molecular flexibility index (Phi) is 4.60. The molecule has 0 unspecified atom stereocenters. The minimum atomic E-state index is -1.53. The molecule has 1 aliphatic carbocycles. The molecule has 0 heterocycles. The largest absolute Gasteiger partial charge is 0.502 e. The van der Waals surface area contributed by atoms with Crippen LogP contribution in [-0.4, -0.2) is 45.8 Å². The lowest BCUT2D eigenvalue weighted by Gasteiger charge is -2.47. The molecule has 26 heavy (non-hydrogen) atoms. The summed E-state index contributed by atoms with van der Waals surface area (Å²) in [7, 11) is 7.43. The van der Waals surface area contributed by atoms with Crippen LogP contribution in [0.4, 0.5) is 0 Å². The van der Waals surface area contributed by atoms with Crippen molar-refractivity contribution in [2.45, 2.75) is 11.7 Å². The van der Waals surface area contributed by atoms with Crippen molar-refractivity contribution in [3.05, 3.63) is 41.0 Å². The van der Waals surface area contributed by atoms with Crippen LogP contribution >= 0.6 is 0 Å². The van der Waals surface area contributed by atoms with Crippen LogP contribution in [0, 0.1) is 0 Å². The molecule has 2 N–H and O–H groups in total. The number of phenols is 1. The van der Waals surface area contributed by atoms with Crippen molar-refractivity contribution in [1.82, 2.24) is 0 Å². The molecule has 1 aliphatic rings. The third-order valence-corrected chi connectivity index (χ3v) is 4.78. The van der Waals surface area contributed by atoms with Gasteiger partial charge >= 0.3 is 0 Å². The molecule has 0 radical (unpaired) electrons. The Labute approximate surface area is 151 Å². The summed E-state index contributed by atoms with van der Waals surface area (Å²) in [6, 6.07) is 6.73. The average molecular weight is 362 g/mol. The van der Waals surface area contributed by atoms with E-state index in [1.165, 1.54) is 35.5 Å². The highest BCUT2D eigenvalue weighted by atomic mass is 16.5. The van der Waals surface area contributed by atoms with Crippen LogP contribution in [0.3, 0.4) is 0 Å². The van der Waals surface area contributed by atoms with E-state index in [2.05, 4.69) is 0 Å². The van der Waals surface area contributed by atoms with Gasteiger partial charge in [-0.3, -0.25) is 0 Å². The maximum atomic E-state index is 11.5. The molecule has 2 aromatic rings. The van der Waals surface area contributed by atoms with Gasteiger partial charge in [0, 0.05) is 12.7 Å². The van der Waals surface area contributed by atoms with E-state index in [1.54, 1.807) is 24.3 Å². The van der Waals surface area contributed by atoms with Crippen molar-refractivity contribution in [3.8, 4) is 28.7 Å². The second kappa shape index (κ2) is 6.59. The van der Waals surface area contributed by atoms with E-state index in [1.807, 2.05) is 0 Å².